The summed E-state index contributed by atoms with van der Waals surface area (Å²) >= 11 is 0. The molecule has 1 aromatic carbocycles. The summed E-state index contributed by atoms with van der Waals surface area (Å²) in [5, 5.41) is 0. The molecule has 4 nitrogen and oxygen atoms in total. The lowest BCUT2D eigenvalue weighted by molar-refractivity contribution is -0.140. The van der Waals surface area contributed by atoms with Crippen LogP contribution in [0.3, 0.4) is 0 Å². The second kappa shape index (κ2) is 5.21. The van der Waals surface area contributed by atoms with E-state index < -0.39 is 0 Å². The van der Waals surface area contributed by atoms with Gasteiger partial charge in [-0.25, -0.2) is 0 Å². The van der Waals surface area contributed by atoms with Gasteiger partial charge in [0.05, 0.1) is 18.4 Å². The number of hydrogen-bond acceptors (Lipinski definition) is 3. The van der Waals surface area contributed by atoms with E-state index in [4.69, 9.17) is 5.73 Å². The van der Waals surface area contributed by atoms with E-state index in [1.54, 1.807) is 0 Å². The van der Waals surface area contributed by atoms with Gasteiger partial charge in [-0.15, -0.1) is 0 Å². The normalized spacial score (nSPS) is 25.1. The molecule has 2 unspecified atom stereocenters. The fraction of sp³-hybridized carbons (Fsp3) is 0.375. The quantitative estimate of drug-likeness (QED) is 0.670. The first-order valence-corrected chi connectivity index (χ1v) is 6.99. The van der Waals surface area contributed by atoms with Crippen molar-refractivity contribution in [2.45, 2.75) is 25.9 Å². The van der Waals surface area contributed by atoms with Gasteiger partial charge < -0.3 is 5.73 Å². The summed E-state index contributed by atoms with van der Waals surface area (Å²) in [4.78, 5) is 26.1. The molecule has 0 spiro atoms. The Kier molecular flexibility index (Phi) is 3.40. The van der Waals surface area contributed by atoms with Gasteiger partial charge in [-0.2, -0.15) is 0 Å². The van der Waals surface area contributed by atoms with Gasteiger partial charge in [-0.3, -0.25) is 14.5 Å². The van der Waals surface area contributed by atoms with Gasteiger partial charge >= 0.3 is 0 Å². The molecule has 1 aromatic rings. The minimum Gasteiger partial charge on any atom is -0.326 e. The first-order valence-electron chi connectivity index (χ1n) is 6.99. The van der Waals surface area contributed by atoms with Crippen LogP contribution >= 0.6 is 0 Å². The Morgan fingerprint density at radius 3 is 1.95 bits per heavy atom. The average Bonchev–Trinajstić information content (AvgIpc) is 2.74. The van der Waals surface area contributed by atoms with Crippen LogP contribution in [-0.2, 0) is 22.7 Å². The topological polar surface area (TPSA) is 63.4 Å². The zero-order valence-corrected chi connectivity index (χ0v) is 11.3. The molecule has 3 rings (SSSR count). The molecular weight excluding hydrogens is 252 g/mol. The summed E-state index contributed by atoms with van der Waals surface area (Å²) in [5.74, 6) is -0.328. The van der Waals surface area contributed by atoms with Crippen LogP contribution in [-0.4, -0.2) is 16.7 Å². The SMILES string of the molecule is NCc1ccc(CN2C(=O)C3CC=CCC3C2=O)cc1. The molecule has 1 heterocycles. The van der Waals surface area contributed by atoms with Crippen LogP contribution < -0.4 is 5.73 Å². The maximum absolute atomic E-state index is 12.3. The van der Waals surface area contributed by atoms with E-state index in [2.05, 4.69) is 0 Å². The Balaban J connectivity index is 1.77. The molecule has 2 N–H and O–H groups in total. The highest BCUT2D eigenvalue weighted by Crippen LogP contribution is 2.35. The van der Waals surface area contributed by atoms with E-state index in [-0.39, 0.29) is 23.7 Å². The van der Waals surface area contributed by atoms with E-state index in [0.29, 0.717) is 25.9 Å². The van der Waals surface area contributed by atoms with Crippen molar-refractivity contribution in [2.75, 3.05) is 0 Å². The summed E-state index contributed by atoms with van der Waals surface area (Å²) in [5.41, 5.74) is 7.58. The third-order valence-electron chi connectivity index (χ3n) is 4.20. The van der Waals surface area contributed by atoms with Crippen LogP contribution in [0.5, 0.6) is 0 Å². The van der Waals surface area contributed by atoms with Crippen molar-refractivity contribution in [1.29, 1.82) is 0 Å². The van der Waals surface area contributed by atoms with Crippen molar-refractivity contribution in [3.05, 3.63) is 47.5 Å². The summed E-state index contributed by atoms with van der Waals surface area (Å²) in [6.45, 7) is 0.868. The molecule has 0 aromatic heterocycles. The van der Waals surface area contributed by atoms with Gasteiger partial charge in [0.25, 0.3) is 0 Å². The van der Waals surface area contributed by atoms with Gasteiger partial charge in [0.1, 0.15) is 0 Å². The minimum atomic E-state index is -0.143. The van der Waals surface area contributed by atoms with E-state index >= 15 is 0 Å². The summed E-state index contributed by atoms with van der Waals surface area (Å²) in [6, 6.07) is 7.75. The number of carbonyl (C=O) groups is 2. The van der Waals surface area contributed by atoms with E-state index in [9.17, 15) is 9.59 Å². The number of benzene rings is 1. The number of nitrogens with zero attached hydrogens (tertiary/aromatic N) is 1. The fourth-order valence-electron chi connectivity index (χ4n) is 2.99. The molecule has 104 valence electrons. The van der Waals surface area contributed by atoms with Crippen molar-refractivity contribution >= 4 is 11.8 Å². The lowest BCUT2D eigenvalue weighted by Crippen LogP contribution is -2.30. The molecule has 0 bridgehead atoms. The number of hydrogen-bond donors (Lipinski definition) is 1. The average molecular weight is 270 g/mol. The Hall–Kier alpha value is -1.94. The largest absolute Gasteiger partial charge is 0.326 e. The monoisotopic (exact) mass is 270 g/mol. The number of carbonyl (C=O) groups excluding carboxylic acids is 2. The van der Waals surface area contributed by atoms with E-state index in [0.717, 1.165) is 11.1 Å². The summed E-state index contributed by atoms with van der Waals surface area (Å²) in [7, 11) is 0. The number of imide groups is 1. The number of nitrogens with two attached hydrogens (primary N) is 1. The van der Waals surface area contributed by atoms with Crippen molar-refractivity contribution < 1.29 is 9.59 Å². The predicted octanol–water partition coefficient (Wildman–Crippen LogP) is 1.60. The molecule has 2 amide bonds. The fourth-order valence-corrected chi connectivity index (χ4v) is 2.99. The van der Waals surface area contributed by atoms with Gasteiger partial charge in [0.15, 0.2) is 0 Å². The highest BCUT2D eigenvalue weighted by Gasteiger charge is 2.46. The van der Waals surface area contributed by atoms with Crippen LogP contribution in [0.25, 0.3) is 0 Å². The number of amides is 2. The molecule has 1 saturated heterocycles. The van der Waals surface area contributed by atoms with Crippen LogP contribution in [0.4, 0.5) is 0 Å². The number of rotatable bonds is 3. The Morgan fingerprint density at radius 1 is 0.950 bits per heavy atom. The first kappa shape index (κ1) is 13.1. The standard InChI is InChI=1S/C16H18N2O2/c17-9-11-5-7-12(8-6-11)10-18-15(19)13-3-1-2-4-14(13)16(18)20/h1-2,5-8,13-14H,3-4,9-10,17H2. The summed E-state index contributed by atoms with van der Waals surface area (Å²) < 4.78 is 0. The van der Waals surface area contributed by atoms with Gasteiger partial charge in [-0.05, 0) is 24.0 Å². The zero-order valence-electron chi connectivity index (χ0n) is 11.3. The molecule has 2 aliphatic rings. The third-order valence-corrected chi connectivity index (χ3v) is 4.20. The highest BCUT2D eigenvalue weighted by molar-refractivity contribution is 6.05. The molecule has 1 fully saturated rings. The molecule has 1 aliphatic carbocycles. The molecular formula is C16H18N2O2. The maximum atomic E-state index is 12.3. The molecule has 20 heavy (non-hydrogen) atoms. The van der Waals surface area contributed by atoms with Crippen LogP contribution in [0.1, 0.15) is 24.0 Å². The van der Waals surface area contributed by atoms with Crippen LogP contribution in [0, 0.1) is 11.8 Å². The predicted molar refractivity (Wildman–Crippen MR) is 75.2 cm³/mol. The maximum Gasteiger partial charge on any atom is 0.233 e. The molecule has 2 atom stereocenters. The van der Waals surface area contributed by atoms with Crippen molar-refractivity contribution in [3.63, 3.8) is 0 Å². The molecule has 0 saturated carbocycles. The van der Waals surface area contributed by atoms with Crippen LogP contribution in [0.15, 0.2) is 36.4 Å². The van der Waals surface area contributed by atoms with Crippen molar-refractivity contribution in [1.82, 2.24) is 4.90 Å². The molecule has 1 aliphatic heterocycles. The van der Waals surface area contributed by atoms with Gasteiger partial charge in [0, 0.05) is 6.54 Å². The smallest absolute Gasteiger partial charge is 0.233 e. The number of allylic oxidation sites excluding steroid dienone is 2. The molecule has 0 radical (unpaired) electrons. The van der Waals surface area contributed by atoms with Crippen molar-refractivity contribution in [3.8, 4) is 0 Å². The Labute approximate surface area is 118 Å². The Bertz CT molecular complexity index is 536. The van der Waals surface area contributed by atoms with Crippen molar-refractivity contribution in [2.24, 2.45) is 17.6 Å². The van der Waals surface area contributed by atoms with E-state index in [1.165, 1.54) is 4.90 Å². The first-order chi connectivity index (χ1) is 9.70. The second-order valence-electron chi connectivity index (χ2n) is 5.44. The summed E-state index contributed by atoms with van der Waals surface area (Å²) in [6.07, 6.45) is 5.40. The minimum absolute atomic E-state index is 0.0211. The van der Waals surface area contributed by atoms with Gasteiger partial charge in [-0.1, -0.05) is 36.4 Å². The van der Waals surface area contributed by atoms with Gasteiger partial charge in [0.2, 0.25) is 11.8 Å². The van der Waals surface area contributed by atoms with E-state index in [1.807, 2.05) is 36.4 Å². The lowest BCUT2D eigenvalue weighted by Gasteiger charge is -2.15. The van der Waals surface area contributed by atoms with Crippen LogP contribution in [0.2, 0.25) is 0 Å². The molecule has 4 heteroatoms. The lowest BCUT2D eigenvalue weighted by atomic mass is 9.85. The Morgan fingerprint density at radius 2 is 1.45 bits per heavy atom. The number of fused-ring (bicyclic) bond motifs is 1. The zero-order chi connectivity index (χ0) is 14.1. The third kappa shape index (κ3) is 2.16. The number of likely N-dealkylation sites (tertiary alicyclic amines) is 1. The second-order valence-corrected chi connectivity index (χ2v) is 5.44. The highest BCUT2D eigenvalue weighted by atomic mass is 16.2.